The first-order valence-corrected chi connectivity index (χ1v) is 7.38. The van der Waals surface area contributed by atoms with Crippen molar-refractivity contribution in [1.29, 1.82) is 0 Å². The fraction of sp³-hybridized carbons (Fsp3) is 0.625. The largest absolute Gasteiger partial charge is 0.444 e. The minimum absolute atomic E-state index is 0.0217. The first-order valence-electron chi connectivity index (χ1n) is 7.38. The van der Waals surface area contributed by atoms with Crippen molar-refractivity contribution in [2.75, 3.05) is 13.2 Å². The normalized spacial score (nSPS) is 22.4. The van der Waals surface area contributed by atoms with E-state index < -0.39 is 5.60 Å². The highest BCUT2D eigenvalue weighted by Gasteiger charge is 2.36. The van der Waals surface area contributed by atoms with E-state index in [1.54, 1.807) is 17.3 Å². The average Bonchev–Trinajstić information content (AvgIpc) is 2.81. The molecule has 0 saturated carbocycles. The van der Waals surface area contributed by atoms with E-state index >= 15 is 0 Å². The number of aliphatic hydroxyl groups excluding tert-OH is 1. The second-order valence-corrected chi connectivity index (χ2v) is 6.63. The van der Waals surface area contributed by atoms with Crippen LogP contribution in [0.1, 0.15) is 32.8 Å². The van der Waals surface area contributed by atoms with Gasteiger partial charge in [0.05, 0.1) is 12.6 Å². The Labute approximate surface area is 125 Å². The van der Waals surface area contributed by atoms with Crippen molar-refractivity contribution in [3.8, 4) is 0 Å². The van der Waals surface area contributed by atoms with Gasteiger partial charge in [0, 0.05) is 18.9 Å². The highest BCUT2D eigenvalue weighted by atomic mass is 16.6. The van der Waals surface area contributed by atoms with Gasteiger partial charge in [-0.25, -0.2) is 4.79 Å². The van der Waals surface area contributed by atoms with E-state index in [2.05, 4.69) is 4.98 Å². The summed E-state index contributed by atoms with van der Waals surface area (Å²) in [6, 6.07) is 3.83. The molecule has 0 aromatic carbocycles. The molecule has 0 spiro atoms. The number of pyridine rings is 1. The maximum Gasteiger partial charge on any atom is 0.410 e. The molecule has 1 amide bonds. The Morgan fingerprint density at radius 1 is 1.43 bits per heavy atom. The Morgan fingerprint density at radius 3 is 2.67 bits per heavy atom. The lowest BCUT2D eigenvalue weighted by atomic mass is 9.97. The van der Waals surface area contributed by atoms with Crippen LogP contribution in [0.4, 0.5) is 4.79 Å². The summed E-state index contributed by atoms with van der Waals surface area (Å²) in [5.74, 6) is 0.345. The molecule has 1 aromatic heterocycles. The van der Waals surface area contributed by atoms with Crippen LogP contribution in [-0.4, -0.2) is 45.9 Å². The number of nitrogens with zero attached hydrogens (tertiary/aromatic N) is 2. The van der Waals surface area contributed by atoms with Crippen molar-refractivity contribution in [1.82, 2.24) is 9.88 Å². The van der Waals surface area contributed by atoms with Crippen molar-refractivity contribution in [3.05, 3.63) is 30.1 Å². The fourth-order valence-electron chi connectivity index (χ4n) is 2.73. The topological polar surface area (TPSA) is 62.7 Å². The second kappa shape index (κ2) is 6.43. The summed E-state index contributed by atoms with van der Waals surface area (Å²) >= 11 is 0. The summed E-state index contributed by atoms with van der Waals surface area (Å²) in [4.78, 5) is 17.9. The van der Waals surface area contributed by atoms with Gasteiger partial charge in [0.2, 0.25) is 0 Å². The molecule has 0 unspecified atom stereocenters. The maximum atomic E-state index is 12.2. The number of hydrogen-bond donors (Lipinski definition) is 1. The van der Waals surface area contributed by atoms with E-state index in [1.807, 2.05) is 32.9 Å². The van der Waals surface area contributed by atoms with Gasteiger partial charge in [-0.15, -0.1) is 0 Å². The molecule has 5 nitrogen and oxygen atoms in total. The predicted octanol–water partition coefficient (Wildman–Crippen LogP) is 2.24. The third kappa shape index (κ3) is 4.43. The summed E-state index contributed by atoms with van der Waals surface area (Å²) in [6.07, 6.45) is 4.91. The molecular formula is C16H24N2O3. The van der Waals surface area contributed by atoms with Crippen LogP contribution in [0.2, 0.25) is 0 Å². The predicted molar refractivity (Wildman–Crippen MR) is 79.9 cm³/mol. The van der Waals surface area contributed by atoms with Crippen LogP contribution >= 0.6 is 0 Å². The summed E-state index contributed by atoms with van der Waals surface area (Å²) in [5, 5.41) is 9.51. The van der Waals surface area contributed by atoms with Gasteiger partial charge in [-0.05, 0) is 57.2 Å². The van der Waals surface area contributed by atoms with Crippen LogP contribution in [0.25, 0.3) is 0 Å². The van der Waals surface area contributed by atoms with Crippen molar-refractivity contribution in [3.63, 3.8) is 0 Å². The summed E-state index contributed by atoms with van der Waals surface area (Å²) in [6.45, 7) is 6.16. The summed E-state index contributed by atoms with van der Waals surface area (Å²) in [5.41, 5.74) is 0.693. The SMILES string of the molecule is CC(C)(C)OC(=O)N1C[C@H](Cc2ccncc2)C[C@@H]1CO. The van der Waals surface area contributed by atoms with Crippen LogP contribution in [0.5, 0.6) is 0 Å². The highest BCUT2D eigenvalue weighted by Crippen LogP contribution is 2.27. The molecule has 0 radical (unpaired) electrons. The van der Waals surface area contributed by atoms with Crippen LogP contribution in [0.3, 0.4) is 0 Å². The van der Waals surface area contributed by atoms with Gasteiger partial charge in [0.25, 0.3) is 0 Å². The number of carbonyl (C=O) groups excluding carboxylic acids is 1. The molecule has 2 rings (SSSR count). The van der Waals surface area contributed by atoms with Crippen molar-refractivity contribution in [2.45, 2.75) is 45.3 Å². The number of ether oxygens (including phenoxy) is 1. The number of hydrogen-bond acceptors (Lipinski definition) is 4. The van der Waals surface area contributed by atoms with Gasteiger partial charge in [-0.1, -0.05) is 0 Å². The monoisotopic (exact) mass is 292 g/mol. The molecule has 5 heteroatoms. The Bertz CT molecular complexity index is 470. The molecule has 2 atom stereocenters. The van der Waals surface area contributed by atoms with Crippen molar-refractivity contribution >= 4 is 6.09 Å². The number of aromatic nitrogens is 1. The Kier molecular flexibility index (Phi) is 4.83. The van der Waals surface area contributed by atoms with E-state index in [1.165, 1.54) is 5.56 Å². The Hall–Kier alpha value is -1.62. The lowest BCUT2D eigenvalue weighted by Gasteiger charge is -2.27. The zero-order chi connectivity index (χ0) is 15.5. The molecule has 1 saturated heterocycles. The molecule has 0 aliphatic carbocycles. The minimum Gasteiger partial charge on any atom is -0.444 e. The Morgan fingerprint density at radius 2 is 2.10 bits per heavy atom. The van der Waals surface area contributed by atoms with Crippen LogP contribution in [0.15, 0.2) is 24.5 Å². The quantitative estimate of drug-likeness (QED) is 0.928. The first kappa shape index (κ1) is 15.8. The highest BCUT2D eigenvalue weighted by molar-refractivity contribution is 5.69. The summed E-state index contributed by atoms with van der Waals surface area (Å²) < 4.78 is 5.42. The third-order valence-electron chi connectivity index (χ3n) is 3.61. The van der Waals surface area contributed by atoms with Gasteiger partial charge in [0.1, 0.15) is 5.60 Å². The molecule has 116 valence electrons. The molecule has 1 fully saturated rings. The minimum atomic E-state index is -0.514. The van der Waals surface area contributed by atoms with Crippen LogP contribution < -0.4 is 0 Å². The number of amides is 1. The lowest BCUT2D eigenvalue weighted by Crippen LogP contribution is -2.41. The standard InChI is InChI=1S/C16H24N2O3/c1-16(2,3)21-15(20)18-10-13(9-14(18)11-19)8-12-4-6-17-7-5-12/h4-7,13-14,19H,8-11H2,1-3H3/t13-,14-/m1/s1. The van der Waals surface area contributed by atoms with Crippen molar-refractivity contribution in [2.24, 2.45) is 5.92 Å². The number of likely N-dealkylation sites (tertiary alicyclic amines) is 1. The smallest absolute Gasteiger partial charge is 0.410 e. The van der Waals surface area contributed by atoms with E-state index in [-0.39, 0.29) is 18.7 Å². The van der Waals surface area contributed by atoms with Gasteiger partial charge < -0.3 is 14.7 Å². The van der Waals surface area contributed by atoms with E-state index in [0.29, 0.717) is 12.5 Å². The first-order chi connectivity index (χ1) is 9.89. The molecule has 1 N–H and O–H groups in total. The Balaban J connectivity index is 1.99. The van der Waals surface area contributed by atoms with Gasteiger partial charge in [-0.2, -0.15) is 0 Å². The molecule has 1 aliphatic rings. The number of aliphatic hydroxyl groups is 1. The second-order valence-electron chi connectivity index (χ2n) is 6.63. The number of carbonyl (C=O) groups is 1. The lowest BCUT2D eigenvalue weighted by molar-refractivity contribution is 0.0172. The van der Waals surface area contributed by atoms with E-state index in [4.69, 9.17) is 4.74 Å². The van der Waals surface area contributed by atoms with E-state index in [0.717, 1.165) is 12.8 Å². The zero-order valence-electron chi connectivity index (χ0n) is 13.0. The molecule has 21 heavy (non-hydrogen) atoms. The fourth-order valence-corrected chi connectivity index (χ4v) is 2.73. The van der Waals surface area contributed by atoms with Crippen LogP contribution in [0, 0.1) is 5.92 Å². The molecule has 1 aliphatic heterocycles. The zero-order valence-corrected chi connectivity index (χ0v) is 13.0. The molecule has 0 bridgehead atoms. The number of rotatable bonds is 3. The van der Waals surface area contributed by atoms with Crippen LogP contribution in [-0.2, 0) is 11.2 Å². The van der Waals surface area contributed by atoms with E-state index in [9.17, 15) is 9.90 Å². The molecule has 2 heterocycles. The molecular weight excluding hydrogens is 268 g/mol. The van der Waals surface area contributed by atoms with Gasteiger partial charge in [0.15, 0.2) is 0 Å². The van der Waals surface area contributed by atoms with Gasteiger partial charge >= 0.3 is 6.09 Å². The molecule has 1 aromatic rings. The maximum absolute atomic E-state index is 12.2. The van der Waals surface area contributed by atoms with Crippen molar-refractivity contribution < 1.29 is 14.6 Å². The average molecular weight is 292 g/mol. The summed E-state index contributed by atoms with van der Waals surface area (Å²) in [7, 11) is 0. The van der Waals surface area contributed by atoms with Gasteiger partial charge in [-0.3, -0.25) is 4.98 Å². The third-order valence-corrected chi connectivity index (χ3v) is 3.61.